The molecule has 0 spiro atoms. The maximum absolute atomic E-state index is 12.7. The minimum Gasteiger partial charge on any atom is -0.369 e. The number of hydrogen-bond donors (Lipinski definition) is 4. The van der Waals surface area contributed by atoms with Crippen LogP contribution < -0.4 is 17.0 Å². The Labute approximate surface area is 182 Å². The van der Waals surface area contributed by atoms with E-state index in [0.29, 0.717) is 22.4 Å². The smallest absolute Gasteiger partial charge is 0.262 e. The summed E-state index contributed by atoms with van der Waals surface area (Å²) in [6, 6.07) is 12.7. The van der Waals surface area contributed by atoms with E-state index in [1.165, 1.54) is 26.2 Å². The van der Waals surface area contributed by atoms with Gasteiger partial charge in [-0.25, -0.2) is 12.7 Å². The molecule has 0 unspecified atom stereocenters. The van der Waals surface area contributed by atoms with Crippen molar-refractivity contribution in [3.63, 3.8) is 0 Å². The van der Waals surface area contributed by atoms with Gasteiger partial charge >= 0.3 is 0 Å². The molecule has 0 aliphatic rings. The van der Waals surface area contributed by atoms with Crippen LogP contribution in [0.4, 0.5) is 5.95 Å². The molecule has 11 heteroatoms. The van der Waals surface area contributed by atoms with Gasteiger partial charge in [0.25, 0.3) is 5.56 Å². The van der Waals surface area contributed by atoms with Crippen molar-refractivity contribution in [3.8, 4) is 22.4 Å². The zero-order valence-corrected chi connectivity index (χ0v) is 18.0. The number of benzene rings is 2. The van der Waals surface area contributed by atoms with Crippen LogP contribution in [0.2, 0.25) is 0 Å². The Kier molecular flexibility index (Phi) is 5.07. The van der Waals surface area contributed by atoms with E-state index in [-0.39, 0.29) is 27.4 Å². The summed E-state index contributed by atoms with van der Waals surface area (Å²) in [5.74, 6) is -0.664. The van der Waals surface area contributed by atoms with Crippen molar-refractivity contribution in [2.24, 2.45) is 5.73 Å². The number of fused-ring (bicyclic) bond motifs is 1. The zero-order chi connectivity index (χ0) is 23.2. The molecule has 0 fully saturated rings. The summed E-state index contributed by atoms with van der Waals surface area (Å²) in [4.78, 5) is 34.3. The second-order valence-electron chi connectivity index (χ2n) is 7.31. The van der Waals surface area contributed by atoms with Gasteiger partial charge in [-0.3, -0.25) is 14.6 Å². The largest absolute Gasteiger partial charge is 0.369 e. The number of H-pyrrole nitrogens is 2. The molecule has 0 atom stereocenters. The van der Waals surface area contributed by atoms with E-state index < -0.39 is 21.5 Å². The second kappa shape index (κ2) is 7.62. The van der Waals surface area contributed by atoms with Crippen molar-refractivity contribution in [2.75, 3.05) is 19.8 Å². The lowest BCUT2D eigenvalue weighted by atomic mass is 9.97. The van der Waals surface area contributed by atoms with Crippen molar-refractivity contribution in [3.05, 3.63) is 64.4 Å². The van der Waals surface area contributed by atoms with Gasteiger partial charge in [0, 0.05) is 25.2 Å². The minimum atomic E-state index is -3.60. The lowest BCUT2D eigenvalue weighted by Crippen LogP contribution is -2.22. The molecule has 4 aromatic rings. The Morgan fingerprint density at radius 1 is 1.03 bits per heavy atom. The summed E-state index contributed by atoms with van der Waals surface area (Å²) >= 11 is 0. The van der Waals surface area contributed by atoms with Crippen LogP contribution in [0.1, 0.15) is 10.4 Å². The predicted molar refractivity (Wildman–Crippen MR) is 121 cm³/mol. The number of nitrogens with zero attached hydrogens (tertiary/aromatic N) is 2. The van der Waals surface area contributed by atoms with Crippen molar-refractivity contribution < 1.29 is 13.2 Å². The zero-order valence-electron chi connectivity index (χ0n) is 17.2. The fraction of sp³-hybridized carbons (Fsp3) is 0.0952. The lowest BCUT2D eigenvalue weighted by Gasteiger charge is -2.12. The molecule has 2 aromatic carbocycles. The van der Waals surface area contributed by atoms with Gasteiger partial charge in [-0.1, -0.05) is 24.3 Å². The number of primary amides is 1. The Morgan fingerprint density at radius 2 is 1.72 bits per heavy atom. The summed E-state index contributed by atoms with van der Waals surface area (Å²) in [5, 5.41) is 0.251. The highest BCUT2D eigenvalue weighted by molar-refractivity contribution is 7.89. The highest BCUT2D eigenvalue weighted by atomic mass is 32.2. The molecule has 1 amide bonds. The number of aromatic amines is 2. The average Bonchev–Trinajstić information content (AvgIpc) is 3.13. The van der Waals surface area contributed by atoms with Gasteiger partial charge in [-0.05, 0) is 35.4 Å². The third kappa shape index (κ3) is 3.53. The van der Waals surface area contributed by atoms with Crippen molar-refractivity contribution in [2.45, 2.75) is 4.90 Å². The molecule has 4 rings (SSSR count). The van der Waals surface area contributed by atoms with Gasteiger partial charge < -0.3 is 16.5 Å². The number of carbonyl (C=O) groups excluding carboxylic acids is 1. The van der Waals surface area contributed by atoms with Crippen LogP contribution in [0, 0.1) is 0 Å². The maximum atomic E-state index is 12.7. The van der Waals surface area contributed by atoms with Crippen LogP contribution in [0.3, 0.4) is 0 Å². The molecule has 0 bridgehead atoms. The molecule has 32 heavy (non-hydrogen) atoms. The number of amides is 1. The molecular weight excluding hydrogens is 432 g/mol. The second-order valence-corrected chi connectivity index (χ2v) is 9.46. The highest BCUT2D eigenvalue weighted by Crippen LogP contribution is 2.37. The summed E-state index contributed by atoms with van der Waals surface area (Å²) in [6.07, 6.45) is 0. The molecule has 0 aliphatic carbocycles. The number of carbonyl (C=O) groups is 1. The molecule has 0 aliphatic heterocycles. The van der Waals surface area contributed by atoms with Crippen molar-refractivity contribution in [1.29, 1.82) is 0 Å². The fourth-order valence-electron chi connectivity index (χ4n) is 3.46. The monoisotopic (exact) mass is 452 g/mol. The first-order valence-corrected chi connectivity index (χ1v) is 10.9. The van der Waals surface area contributed by atoms with E-state index in [4.69, 9.17) is 11.5 Å². The van der Waals surface area contributed by atoms with E-state index in [1.54, 1.807) is 36.4 Å². The third-order valence-corrected chi connectivity index (χ3v) is 6.87. The first-order valence-electron chi connectivity index (χ1n) is 9.44. The van der Waals surface area contributed by atoms with E-state index in [9.17, 15) is 18.0 Å². The molecule has 0 radical (unpaired) electrons. The van der Waals surface area contributed by atoms with E-state index in [1.807, 2.05) is 0 Å². The molecule has 164 valence electrons. The maximum Gasteiger partial charge on any atom is 0.262 e. The summed E-state index contributed by atoms with van der Waals surface area (Å²) in [6.45, 7) is 0. The third-order valence-electron chi connectivity index (χ3n) is 5.04. The van der Waals surface area contributed by atoms with Gasteiger partial charge in [0.15, 0.2) is 0 Å². The van der Waals surface area contributed by atoms with Crippen LogP contribution in [0.15, 0.2) is 58.2 Å². The molecule has 6 N–H and O–H groups in total. The van der Waals surface area contributed by atoms with Crippen LogP contribution in [0.5, 0.6) is 0 Å². The summed E-state index contributed by atoms with van der Waals surface area (Å²) in [7, 11) is -0.699. The standard InChI is InChI=1S/C21H20N6O4S/c1-27(2)32(30,31)14-8-6-11(7-9-14)17-15(12-4-3-5-13(10-12)18(22)28)16-19(24-17)25-21(23)26-20(16)29/h3-10H,1-2H3,(H2,22,28)(H4,23,24,25,26,29). The summed E-state index contributed by atoms with van der Waals surface area (Å²) < 4.78 is 25.9. The molecule has 10 nitrogen and oxygen atoms in total. The van der Waals surface area contributed by atoms with Gasteiger partial charge in [-0.2, -0.15) is 4.98 Å². The number of hydrogen-bond acceptors (Lipinski definition) is 6. The number of anilines is 1. The molecule has 2 heterocycles. The number of nitrogens with two attached hydrogens (primary N) is 2. The predicted octanol–water partition coefficient (Wildman–Crippen LogP) is 1.52. The topological polar surface area (TPSA) is 168 Å². The Morgan fingerprint density at radius 3 is 2.34 bits per heavy atom. The van der Waals surface area contributed by atoms with Crippen LogP contribution in [-0.4, -0.2) is 47.7 Å². The van der Waals surface area contributed by atoms with Gasteiger partial charge in [0.2, 0.25) is 21.9 Å². The minimum absolute atomic E-state index is 0.0554. The van der Waals surface area contributed by atoms with Gasteiger partial charge in [0.1, 0.15) is 5.65 Å². The van der Waals surface area contributed by atoms with Gasteiger partial charge in [-0.15, -0.1) is 0 Å². The Hall–Kier alpha value is -3.96. The number of sulfonamides is 1. The first kappa shape index (κ1) is 21.3. The highest BCUT2D eigenvalue weighted by Gasteiger charge is 2.21. The summed E-state index contributed by atoms with van der Waals surface area (Å²) in [5.41, 5.74) is 13.4. The molecular formula is C21H20N6O4S. The van der Waals surface area contributed by atoms with Crippen LogP contribution >= 0.6 is 0 Å². The number of rotatable bonds is 5. The van der Waals surface area contributed by atoms with Gasteiger partial charge in [0.05, 0.1) is 16.0 Å². The Bertz CT molecular complexity index is 1520. The van der Waals surface area contributed by atoms with Crippen molar-refractivity contribution in [1.82, 2.24) is 19.3 Å². The normalized spacial score (nSPS) is 11.8. The number of nitrogen functional groups attached to an aromatic ring is 1. The number of nitrogens with one attached hydrogen (secondary N) is 2. The number of aromatic nitrogens is 3. The SMILES string of the molecule is CN(C)S(=O)(=O)c1ccc(-c2[nH]c3nc(N)[nH]c(=O)c3c2-c2cccc(C(N)=O)c2)cc1. The fourth-order valence-corrected chi connectivity index (χ4v) is 4.36. The first-order chi connectivity index (χ1) is 15.1. The lowest BCUT2D eigenvalue weighted by molar-refractivity contribution is 0.100. The molecule has 0 saturated heterocycles. The van der Waals surface area contributed by atoms with E-state index in [0.717, 1.165) is 4.31 Å². The average molecular weight is 452 g/mol. The van der Waals surface area contributed by atoms with E-state index >= 15 is 0 Å². The van der Waals surface area contributed by atoms with Crippen molar-refractivity contribution >= 4 is 32.9 Å². The van der Waals surface area contributed by atoms with Crippen LogP contribution in [-0.2, 0) is 10.0 Å². The van der Waals surface area contributed by atoms with E-state index in [2.05, 4.69) is 15.0 Å². The quantitative estimate of drug-likeness (QED) is 0.358. The molecule has 2 aromatic heterocycles. The Balaban J connectivity index is 1.99. The van der Waals surface area contributed by atoms with Crippen LogP contribution in [0.25, 0.3) is 33.4 Å². The molecule has 0 saturated carbocycles.